The second kappa shape index (κ2) is 15.7. The maximum atomic E-state index is 11.3. The highest BCUT2D eigenvalue weighted by atomic mass is 16.7. The van der Waals surface area contributed by atoms with E-state index in [9.17, 15) is 10.1 Å². The molecule has 0 aromatic carbocycles. The molecule has 2 heterocycles. The average molecular weight is 551 g/mol. The molecule has 216 valence electrons. The van der Waals surface area contributed by atoms with Gasteiger partial charge in [-0.3, -0.25) is 0 Å². The summed E-state index contributed by atoms with van der Waals surface area (Å²) in [6.45, 7) is 6.72. The van der Waals surface area contributed by atoms with Crippen molar-refractivity contribution in [2.24, 2.45) is 16.6 Å². The Balaban J connectivity index is 0.00000141. The van der Waals surface area contributed by atoms with Crippen LogP contribution in [-0.2, 0) is 11.2 Å². The summed E-state index contributed by atoms with van der Waals surface area (Å²) >= 11 is 0. The third-order valence-electron chi connectivity index (χ3n) is 6.33. The number of hydrogen-bond acceptors (Lipinski definition) is 9. The first-order valence-corrected chi connectivity index (χ1v) is 13.9. The van der Waals surface area contributed by atoms with Gasteiger partial charge in [-0.2, -0.15) is 9.98 Å². The van der Waals surface area contributed by atoms with E-state index < -0.39 is 5.03 Å². The standard InChI is InChI=1S/C27H35N7O3.C2H7N/c1-3-5-6-8-20(7-4-2)21-16-23-24(17-21)29-27(31-26(23)33-11-13-37-14-12-33)30-25(32-34(35)36)18-22(28)15-19-9-10-19;1-3-2/h4-8,17-19H,3,9-16,28H2,1-2H3,(H,29,30,31,32);3H,1-2H3/b6-5+,7-4-,20-8+,22-18-;. The molecule has 0 atom stereocenters. The third-order valence-corrected chi connectivity index (χ3v) is 6.33. The normalized spacial score (nSPS) is 18.1. The minimum absolute atomic E-state index is 0.0115. The van der Waals surface area contributed by atoms with Gasteiger partial charge in [-0.15, -0.1) is 0 Å². The number of nitrogens with two attached hydrogens (primary N) is 1. The van der Waals surface area contributed by atoms with Crippen LogP contribution in [-0.4, -0.2) is 61.2 Å². The minimum Gasteiger partial charge on any atom is -0.402 e. The fourth-order valence-corrected chi connectivity index (χ4v) is 4.38. The maximum Gasteiger partial charge on any atom is 0.254 e. The van der Waals surface area contributed by atoms with Crippen LogP contribution in [0.1, 0.15) is 50.8 Å². The van der Waals surface area contributed by atoms with E-state index in [0.717, 1.165) is 47.5 Å². The molecule has 4 N–H and O–H groups in total. The van der Waals surface area contributed by atoms with Crippen LogP contribution in [0.5, 0.6) is 0 Å². The maximum absolute atomic E-state index is 11.3. The number of amidine groups is 1. The molecule has 11 nitrogen and oxygen atoms in total. The lowest BCUT2D eigenvalue weighted by molar-refractivity contribution is -0.524. The van der Waals surface area contributed by atoms with Gasteiger partial charge in [-0.05, 0) is 69.8 Å². The summed E-state index contributed by atoms with van der Waals surface area (Å²) in [5, 5.41) is 13.4. The smallest absolute Gasteiger partial charge is 0.254 e. The van der Waals surface area contributed by atoms with Crippen LogP contribution in [0, 0.1) is 16.0 Å². The first-order valence-electron chi connectivity index (χ1n) is 13.9. The van der Waals surface area contributed by atoms with Crippen molar-refractivity contribution in [1.82, 2.24) is 20.7 Å². The molecule has 4 rings (SSSR count). The van der Waals surface area contributed by atoms with Gasteiger partial charge in [0.2, 0.25) is 0 Å². The number of ether oxygens (including phenoxy) is 1. The van der Waals surface area contributed by atoms with Crippen molar-refractivity contribution in [2.45, 2.75) is 46.0 Å². The van der Waals surface area contributed by atoms with E-state index in [2.05, 4.69) is 57.9 Å². The summed E-state index contributed by atoms with van der Waals surface area (Å²) in [4.78, 5) is 27.3. The van der Waals surface area contributed by atoms with Crippen molar-refractivity contribution in [3.63, 3.8) is 0 Å². The van der Waals surface area contributed by atoms with E-state index in [4.69, 9.17) is 20.4 Å². The summed E-state index contributed by atoms with van der Waals surface area (Å²) in [7, 11) is 3.75. The molecular formula is C29H42N8O3. The number of fused-ring (bicyclic) bond motifs is 1. The Kier molecular flexibility index (Phi) is 12.0. The fourth-order valence-electron chi connectivity index (χ4n) is 4.38. The Morgan fingerprint density at radius 3 is 2.65 bits per heavy atom. The number of aliphatic imine (C=N–C) groups is 1. The fraction of sp³-hybridized carbons (Fsp3) is 0.483. The molecule has 1 aliphatic heterocycles. The molecule has 1 saturated carbocycles. The monoisotopic (exact) mass is 550 g/mol. The molecule has 2 aliphatic carbocycles. The van der Waals surface area contributed by atoms with Crippen molar-refractivity contribution < 1.29 is 9.77 Å². The van der Waals surface area contributed by atoms with Gasteiger partial charge in [0, 0.05) is 36.8 Å². The molecule has 3 aliphatic rings. The van der Waals surface area contributed by atoms with Crippen molar-refractivity contribution in [1.29, 1.82) is 0 Å². The van der Waals surface area contributed by atoms with Gasteiger partial charge in [-0.25, -0.2) is 15.1 Å². The van der Waals surface area contributed by atoms with Crippen LogP contribution in [0.15, 0.2) is 58.3 Å². The number of aromatic nitrogens is 2. The van der Waals surface area contributed by atoms with E-state index in [1.807, 2.05) is 27.1 Å². The first-order chi connectivity index (χ1) is 19.4. The second-order valence-corrected chi connectivity index (χ2v) is 9.85. The van der Waals surface area contributed by atoms with Crippen LogP contribution in [0.4, 0.5) is 11.8 Å². The zero-order valence-electron chi connectivity index (χ0n) is 24.0. The van der Waals surface area contributed by atoms with Crippen LogP contribution < -0.4 is 21.4 Å². The first kappa shape index (κ1) is 30.7. The molecule has 40 heavy (non-hydrogen) atoms. The second-order valence-electron chi connectivity index (χ2n) is 9.85. The predicted molar refractivity (Wildman–Crippen MR) is 161 cm³/mol. The van der Waals surface area contributed by atoms with E-state index >= 15 is 0 Å². The SMILES string of the molecule is CNC.C\C=C/C(=C\C=C\CC)C1=Cc2nc(/N=C(\C=C(/N)CC3CC3)N[N+](=O)[O-])nc(N3CCOCC3)c2C1. The number of hydrogen-bond donors (Lipinski definition) is 3. The Bertz CT molecular complexity index is 1210. The van der Waals surface area contributed by atoms with Crippen LogP contribution in [0.2, 0.25) is 0 Å². The van der Waals surface area contributed by atoms with E-state index in [0.29, 0.717) is 50.8 Å². The van der Waals surface area contributed by atoms with Gasteiger partial charge in [0.05, 0.1) is 18.9 Å². The number of nitro groups is 1. The van der Waals surface area contributed by atoms with Gasteiger partial charge in [0.1, 0.15) is 5.82 Å². The lowest BCUT2D eigenvalue weighted by atomic mass is 10.0. The van der Waals surface area contributed by atoms with Crippen LogP contribution in [0.3, 0.4) is 0 Å². The minimum atomic E-state index is -0.647. The Hall–Kier alpha value is -3.83. The number of nitrogens with one attached hydrogen (secondary N) is 2. The Labute approximate surface area is 236 Å². The molecule has 0 radical (unpaired) electrons. The van der Waals surface area contributed by atoms with Crippen molar-refractivity contribution in [3.05, 3.63) is 74.7 Å². The lowest BCUT2D eigenvalue weighted by Crippen LogP contribution is -2.37. The summed E-state index contributed by atoms with van der Waals surface area (Å²) in [6.07, 6.45) is 18.6. The summed E-state index contributed by atoms with van der Waals surface area (Å²) < 4.78 is 5.55. The van der Waals surface area contributed by atoms with E-state index in [1.54, 1.807) is 0 Å². The van der Waals surface area contributed by atoms with E-state index in [-0.39, 0.29) is 11.8 Å². The average Bonchev–Trinajstić information content (AvgIpc) is 3.62. The zero-order valence-corrected chi connectivity index (χ0v) is 24.0. The molecule has 1 aromatic heterocycles. The number of hydrazine groups is 1. The highest BCUT2D eigenvalue weighted by Gasteiger charge is 2.26. The van der Waals surface area contributed by atoms with Crippen LogP contribution in [0.25, 0.3) is 6.08 Å². The van der Waals surface area contributed by atoms with E-state index in [1.165, 1.54) is 6.08 Å². The number of rotatable bonds is 10. The molecule has 2 fully saturated rings. The van der Waals surface area contributed by atoms with Crippen molar-refractivity contribution in [3.8, 4) is 0 Å². The molecule has 0 spiro atoms. The topological polar surface area (TPSA) is 144 Å². The molecule has 0 unspecified atom stereocenters. The van der Waals surface area contributed by atoms with Crippen LogP contribution >= 0.6 is 0 Å². The lowest BCUT2D eigenvalue weighted by Gasteiger charge is -2.29. The quantitative estimate of drug-likeness (QED) is 0.129. The number of anilines is 1. The molecule has 0 bridgehead atoms. The number of morpholine rings is 1. The van der Waals surface area contributed by atoms with Gasteiger partial charge in [0.25, 0.3) is 5.95 Å². The van der Waals surface area contributed by atoms with Gasteiger partial charge >= 0.3 is 0 Å². The van der Waals surface area contributed by atoms with Crippen molar-refractivity contribution >= 4 is 23.7 Å². The summed E-state index contributed by atoms with van der Waals surface area (Å²) in [5.41, 5.74) is 12.9. The third kappa shape index (κ3) is 9.42. The summed E-state index contributed by atoms with van der Waals surface area (Å²) in [6, 6.07) is 0. The summed E-state index contributed by atoms with van der Waals surface area (Å²) in [5.74, 6) is 1.50. The Morgan fingerprint density at radius 2 is 2.02 bits per heavy atom. The predicted octanol–water partition coefficient (Wildman–Crippen LogP) is 4.01. The molecular weight excluding hydrogens is 508 g/mol. The van der Waals surface area contributed by atoms with Gasteiger partial charge < -0.3 is 20.7 Å². The number of allylic oxidation sites excluding steroid dienone is 8. The number of nitrogens with zero attached hydrogens (tertiary/aromatic N) is 5. The molecule has 1 saturated heterocycles. The highest BCUT2D eigenvalue weighted by Crippen LogP contribution is 2.36. The molecule has 1 aromatic rings. The Morgan fingerprint density at radius 1 is 1.30 bits per heavy atom. The van der Waals surface area contributed by atoms with Gasteiger partial charge in [0.15, 0.2) is 10.9 Å². The largest absolute Gasteiger partial charge is 0.402 e. The van der Waals surface area contributed by atoms with Gasteiger partial charge in [-0.1, -0.05) is 42.7 Å². The highest BCUT2D eigenvalue weighted by molar-refractivity contribution is 5.94. The van der Waals surface area contributed by atoms with Crippen molar-refractivity contribution in [2.75, 3.05) is 45.3 Å². The molecule has 11 heteroatoms. The molecule has 0 amide bonds. The zero-order chi connectivity index (χ0) is 28.9.